The first-order valence-corrected chi connectivity index (χ1v) is 9.67. The van der Waals surface area contributed by atoms with Crippen LogP contribution in [0, 0.1) is 5.92 Å². The molecule has 0 spiro atoms. The summed E-state index contributed by atoms with van der Waals surface area (Å²) in [5.41, 5.74) is 0.844. The smallest absolute Gasteiger partial charge is 0.408 e. The van der Waals surface area contributed by atoms with E-state index in [1.807, 2.05) is 0 Å². The van der Waals surface area contributed by atoms with Crippen molar-refractivity contribution in [3.8, 4) is 0 Å². The molecule has 1 aliphatic rings. The minimum atomic E-state index is -3.61. The number of piperidine rings is 1. The van der Waals surface area contributed by atoms with E-state index in [0.29, 0.717) is 18.6 Å². The Morgan fingerprint density at radius 2 is 2.00 bits per heavy atom. The number of aryl methyl sites for hydroxylation is 1. The quantitative estimate of drug-likeness (QED) is 0.871. The highest BCUT2D eigenvalue weighted by Crippen LogP contribution is 2.18. The zero-order valence-electron chi connectivity index (χ0n) is 14.0. The molecule has 8 heteroatoms. The fraction of sp³-hybridized carbons (Fsp3) is 0.562. The van der Waals surface area contributed by atoms with Crippen LogP contribution in [0.3, 0.4) is 0 Å². The van der Waals surface area contributed by atoms with Crippen molar-refractivity contribution >= 4 is 21.1 Å². The van der Waals surface area contributed by atoms with E-state index in [9.17, 15) is 13.2 Å². The first-order chi connectivity index (χ1) is 11.4. The lowest BCUT2D eigenvalue weighted by Crippen LogP contribution is -2.39. The van der Waals surface area contributed by atoms with E-state index in [1.54, 1.807) is 13.1 Å². The van der Waals surface area contributed by atoms with Crippen LogP contribution in [0.2, 0.25) is 0 Å². The summed E-state index contributed by atoms with van der Waals surface area (Å²) in [5.74, 6) is 0.247. The Balaban J connectivity index is 1.66. The lowest BCUT2D eigenvalue weighted by atomic mass is 9.99. The molecule has 0 atom stereocenters. The Morgan fingerprint density at radius 1 is 1.29 bits per heavy atom. The van der Waals surface area contributed by atoms with Gasteiger partial charge < -0.3 is 9.32 Å². The summed E-state index contributed by atoms with van der Waals surface area (Å²) in [6, 6.07) is 4.46. The van der Waals surface area contributed by atoms with Gasteiger partial charge in [0.05, 0.1) is 10.4 Å². The number of aromatic nitrogens is 1. The van der Waals surface area contributed by atoms with Crippen molar-refractivity contribution in [2.45, 2.75) is 24.7 Å². The van der Waals surface area contributed by atoms with E-state index in [-0.39, 0.29) is 10.5 Å². The van der Waals surface area contributed by atoms with Gasteiger partial charge in [0.2, 0.25) is 10.0 Å². The van der Waals surface area contributed by atoms with Gasteiger partial charge in [-0.1, -0.05) is 6.92 Å². The molecule has 1 aliphatic heterocycles. The maximum atomic E-state index is 12.4. The molecule has 0 aliphatic carbocycles. The molecule has 1 N–H and O–H groups in total. The minimum absolute atomic E-state index is 0.108. The van der Waals surface area contributed by atoms with E-state index in [4.69, 9.17) is 4.42 Å². The van der Waals surface area contributed by atoms with Gasteiger partial charge in [0.25, 0.3) is 0 Å². The van der Waals surface area contributed by atoms with Gasteiger partial charge in [-0.3, -0.25) is 4.57 Å². The Bertz CT molecular complexity index is 876. The van der Waals surface area contributed by atoms with Crippen molar-refractivity contribution in [3.05, 3.63) is 28.7 Å². The van der Waals surface area contributed by atoms with Gasteiger partial charge in [-0.2, -0.15) is 0 Å². The van der Waals surface area contributed by atoms with E-state index in [2.05, 4.69) is 16.5 Å². The van der Waals surface area contributed by atoms with Gasteiger partial charge in [-0.25, -0.2) is 17.9 Å². The molecule has 0 unspecified atom stereocenters. The van der Waals surface area contributed by atoms with Crippen molar-refractivity contribution in [3.63, 3.8) is 0 Å². The summed E-state index contributed by atoms with van der Waals surface area (Å²) in [4.78, 5) is 13.9. The molecule has 0 saturated carbocycles. The van der Waals surface area contributed by atoms with Crippen LogP contribution in [0.1, 0.15) is 19.8 Å². The number of benzene rings is 1. The second-order valence-electron chi connectivity index (χ2n) is 6.48. The van der Waals surface area contributed by atoms with Gasteiger partial charge in [0.15, 0.2) is 5.58 Å². The average molecular weight is 353 g/mol. The van der Waals surface area contributed by atoms with Crippen molar-refractivity contribution < 1.29 is 12.8 Å². The number of hydrogen-bond donors (Lipinski definition) is 1. The molecule has 2 heterocycles. The highest BCUT2D eigenvalue weighted by Gasteiger charge is 2.19. The Morgan fingerprint density at radius 3 is 2.71 bits per heavy atom. The SMILES string of the molecule is CC1CCN(CCNS(=O)(=O)c2ccc3c(c2)oc(=O)n3C)CC1. The maximum absolute atomic E-state index is 12.4. The van der Waals surface area contributed by atoms with Crippen LogP contribution in [0.15, 0.2) is 32.3 Å². The van der Waals surface area contributed by atoms with Crippen LogP contribution in [0.25, 0.3) is 11.1 Å². The van der Waals surface area contributed by atoms with Crippen molar-refractivity contribution in [2.24, 2.45) is 13.0 Å². The van der Waals surface area contributed by atoms with Crippen molar-refractivity contribution in [2.75, 3.05) is 26.2 Å². The van der Waals surface area contributed by atoms with Crippen LogP contribution < -0.4 is 10.5 Å². The van der Waals surface area contributed by atoms with Gasteiger partial charge >= 0.3 is 5.76 Å². The Labute approximate surface area is 141 Å². The van der Waals surface area contributed by atoms with Crippen LogP contribution >= 0.6 is 0 Å². The number of hydrogen-bond acceptors (Lipinski definition) is 5. The standard InChI is InChI=1S/C16H23N3O4S/c1-12-5-8-19(9-6-12)10-7-17-24(21,22)13-3-4-14-15(11-13)23-16(20)18(14)2/h3-4,11-12,17H,5-10H2,1-2H3. The lowest BCUT2D eigenvalue weighted by molar-refractivity contribution is 0.195. The van der Waals surface area contributed by atoms with Gasteiger partial charge in [0, 0.05) is 26.2 Å². The summed E-state index contributed by atoms with van der Waals surface area (Å²) in [6.07, 6.45) is 2.33. The summed E-state index contributed by atoms with van der Waals surface area (Å²) < 4.78 is 33.8. The number of oxazole rings is 1. The second kappa shape index (κ2) is 6.70. The fourth-order valence-electron chi connectivity index (χ4n) is 2.99. The van der Waals surface area contributed by atoms with Crippen molar-refractivity contribution in [1.82, 2.24) is 14.2 Å². The van der Waals surface area contributed by atoms with E-state index in [1.165, 1.54) is 16.7 Å². The highest BCUT2D eigenvalue weighted by molar-refractivity contribution is 7.89. The third kappa shape index (κ3) is 3.55. The molecule has 7 nitrogen and oxygen atoms in total. The number of fused-ring (bicyclic) bond motifs is 1. The number of nitrogens with one attached hydrogen (secondary N) is 1. The molecule has 1 saturated heterocycles. The molecule has 0 bridgehead atoms. The number of sulfonamides is 1. The average Bonchev–Trinajstić information content (AvgIpc) is 2.83. The van der Waals surface area contributed by atoms with Gasteiger partial charge in [-0.05, 0) is 44.0 Å². The molecule has 24 heavy (non-hydrogen) atoms. The van der Waals surface area contributed by atoms with Gasteiger partial charge in [0.1, 0.15) is 0 Å². The zero-order valence-corrected chi connectivity index (χ0v) is 14.8. The monoisotopic (exact) mass is 353 g/mol. The number of nitrogens with zero attached hydrogens (tertiary/aromatic N) is 2. The lowest BCUT2D eigenvalue weighted by Gasteiger charge is -2.30. The van der Waals surface area contributed by atoms with E-state index in [0.717, 1.165) is 31.8 Å². The summed E-state index contributed by atoms with van der Waals surface area (Å²) >= 11 is 0. The maximum Gasteiger partial charge on any atom is 0.419 e. The molecule has 2 aromatic rings. The largest absolute Gasteiger partial charge is 0.419 e. The molecule has 0 radical (unpaired) electrons. The topological polar surface area (TPSA) is 84.6 Å². The molecular weight excluding hydrogens is 330 g/mol. The molecule has 1 aromatic heterocycles. The Kier molecular flexibility index (Phi) is 4.80. The third-order valence-electron chi connectivity index (χ3n) is 4.67. The zero-order chi connectivity index (χ0) is 17.3. The fourth-order valence-corrected chi connectivity index (χ4v) is 4.02. The summed E-state index contributed by atoms with van der Waals surface area (Å²) in [5, 5.41) is 0. The molecule has 3 rings (SSSR count). The first kappa shape index (κ1) is 17.2. The number of rotatable bonds is 5. The number of likely N-dealkylation sites (tertiary alicyclic amines) is 1. The molecule has 1 fully saturated rings. The van der Waals surface area contributed by atoms with Crippen LogP contribution in [0.5, 0.6) is 0 Å². The molecule has 0 amide bonds. The summed E-state index contributed by atoms with van der Waals surface area (Å²) in [6.45, 7) is 5.36. The first-order valence-electron chi connectivity index (χ1n) is 8.18. The predicted molar refractivity (Wildman–Crippen MR) is 91.5 cm³/mol. The predicted octanol–water partition coefficient (Wildman–Crippen LogP) is 1.14. The highest BCUT2D eigenvalue weighted by atomic mass is 32.2. The molecule has 132 valence electrons. The summed E-state index contributed by atoms with van der Waals surface area (Å²) in [7, 11) is -2.03. The minimum Gasteiger partial charge on any atom is -0.408 e. The third-order valence-corrected chi connectivity index (χ3v) is 6.13. The van der Waals surface area contributed by atoms with E-state index < -0.39 is 15.8 Å². The van der Waals surface area contributed by atoms with Crippen LogP contribution in [-0.4, -0.2) is 44.1 Å². The molecular formula is C16H23N3O4S. The van der Waals surface area contributed by atoms with Gasteiger partial charge in [-0.15, -0.1) is 0 Å². The van der Waals surface area contributed by atoms with Crippen molar-refractivity contribution in [1.29, 1.82) is 0 Å². The normalized spacial score (nSPS) is 17.6. The van der Waals surface area contributed by atoms with E-state index >= 15 is 0 Å². The second-order valence-corrected chi connectivity index (χ2v) is 8.25. The van der Waals surface area contributed by atoms with Crippen LogP contribution in [0.4, 0.5) is 0 Å². The molecule has 1 aromatic carbocycles. The van der Waals surface area contributed by atoms with Crippen LogP contribution in [-0.2, 0) is 17.1 Å². The Hall–Kier alpha value is -1.64.